The van der Waals surface area contributed by atoms with Crippen LogP contribution in [0.2, 0.25) is 0 Å². The zero-order valence-corrected chi connectivity index (χ0v) is 13.6. The molecule has 3 heterocycles. The normalized spacial score (nSPS) is 11.4. The van der Waals surface area contributed by atoms with Crippen molar-refractivity contribution in [3.05, 3.63) is 82.7 Å². The summed E-state index contributed by atoms with van der Waals surface area (Å²) in [6.45, 7) is 0. The summed E-state index contributed by atoms with van der Waals surface area (Å²) in [5.74, 6) is 0. The third-order valence-corrected chi connectivity index (χ3v) is 3.85. The van der Waals surface area contributed by atoms with E-state index in [1.807, 2.05) is 49.7 Å². The Hall–Kier alpha value is -3.54. The van der Waals surface area contributed by atoms with Crippen molar-refractivity contribution in [1.82, 2.24) is 24.5 Å². The van der Waals surface area contributed by atoms with Crippen molar-refractivity contribution in [2.45, 2.75) is 0 Å². The van der Waals surface area contributed by atoms with Crippen LogP contribution in [0.15, 0.2) is 66.0 Å². The zero-order valence-electron chi connectivity index (χ0n) is 13.6. The van der Waals surface area contributed by atoms with Crippen molar-refractivity contribution in [2.24, 2.45) is 7.05 Å². The topological polar surface area (TPSA) is 65.6 Å². The molecule has 0 amide bonds. The van der Waals surface area contributed by atoms with Gasteiger partial charge < -0.3 is 0 Å². The number of aromatic nitrogens is 5. The van der Waals surface area contributed by atoms with Gasteiger partial charge in [-0.15, -0.1) is 0 Å². The van der Waals surface area contributed by atoms with Gasteiger partial charge in [-0.1, -0.05) is 18.2 Å². The number of hydrogen-bond donors (Lipinski definition) is 0. The van der Waals surface area contributed by atoms with Crippen molar-refractivity contribution in [2.75, 3.05) is 0 Å². The first-order chi connectivity index (χ1) is 12.2. The molecule has 6 nitrogen and oxygen atoms in total. The van der Waals surface area contributed by atoms with E-state index >= 15 is 0 Å². The van der Waals surface area contributed by atoms with Crippen molar-refractivity contribution in [3.63, 3.8) is 0 Å². The lowest BCUT2D eigenvalue weighted by atomic mass is 10.1. The first kappa shape index (κ1) is 15.0. The Balaban J connectivity index is 1.69. The highest BCUT2D eigenvalue weighted by Crippen LogP contribution is 2.15. The van der Waals surface area contributed by atoms with Crippen LogP contribution in [0.4, 0.5) is 0 Å². The van der Waals surface area contributed by atoms with Crippen LogP contribution in [0.1, 0.15) is 11.3 Å². The summed E-state index contributed by atoms with van der Waals surface area (Å²) in [5, 5.41) is 9.56. The fourth-order valence-corrected chi connectivity index (χ4v) is 2.58. The molecule has 0 aliphatic carbocycles. The highest BCUT2D eigenvalue weighted by atomic mass is 16.1. The predicted molar refractivity (Wildman–Crippen MR) is 97.3 cm³/mol. The molecule has 0 unspecified atom stereocenters. The Morgan fingerprint density at radius 3 is 2.88 bits per heavy atom. The molecule has 3 aromatic heterocycles. The Kier molecular flexibility index (Phi) is 3.70. The van der Waals surface area contributed by atoms with Crippen molar-refractivity contribution in [3.8, 4) is 5.69 Å². The average molecular weight is 329 g/mol. The molecule has 0 spiro atoms. The molecule has 0 aliphatic heterocycles. The minimum absolute atomic E-state index is 0.126. The van der Waals surface area contributed by atoms with Gasteiger partial charge in [0, 0.05) is 30.9 Å². The number of hydrogen-bond acceptors (Lipinski definition) is 4. The Morgan fingerprint density at radius 1 is 1.12 bits per heavy atom. The molecule has 25 heavy (non-hydrogen) atoms. The standard InChI is InChI=1S/C19H15N5O/c1-23-13-16(12-21-23)24-10-8-19(25)18(22-24)7-5-14-4-6-17-15(11-14)3-2-9-20-17/h2-13H,1H3. The molecular formula is C19H15N5O. The van der Waals surface area contributed by atoms with E-state index in [1.54, 1.807) is 34.0 Å². The maximum absolute atomic E-state index is 12.1. The molecule has 0 atom stereocenters. The maximum atomic E-state index is 12.1. The van der Waals surface area contributed by atoms with Crippen molar-refractivity contribution >= 4 is 23.1 Å². The van der Waals surface area contributed by atoms with Crippen LogP contribution in [0, 0.1) is 0 Å². The van der Waals surface area contributed by atoms with Gasteiger partial charge in [-0.2, -0.15) is 10.2 Å². The molecule has 0 N–H and O–H groups in total. The molecule has 4 rings (SSSR count). The molecule has 0 bridgehead atoms. The molecule has 0 fully saturated rings. The molecule has 0 radical (unpaired) electrons. The number of fused-ring (bicyclic) bond motifs is 1. The Morgan fingerprint density at radius 2 is 2.04 bits per heavy atom. The summed E-state index contributed by atoms with van der Waals surface area (Å²) in [6.07, 6.45) is 10.5. The Bertz CT molecular complexity index is 1140. The van der Waals surface area contributed by atoms with E-state index in [2.05, 4.69) is 15.2 Å². The van der Waals surface area contributed by atoms with Crippen molar-refractivity contribution in [1.29, 1.82) is 0 Å². The number of benzene rings is 1. The first-order valence-corrected chi connectivity index (χ1v) is 7.81. The summed E-state index contributed by atoms with van der Waals surface area (Å²) in [7, 11) is 1.83. The van der Waals surface area contributed by atoms with Crippen LogP contribution in [0.3, 0.4) is 0 Å². The second kappa shape index (κ2) is 6.16. The van der Waals surface area contributed by atoms with E-state index in [0.717, 1.165) is 22.2 Å². The second-order valence-corrected chi connectivity index (χ2v) is 5.67. The van der Waals surface area contributed by atoms with Crippen LogP contribution in [-0.2, 0) is 7.05 Å². The van der Waals surface area contributed by atoms with Crippen LogP contribution in [-0.4, -0.2) is 24.5 Å². The summed E-state index contributed by atoms with van der Waals surface area (Å²) in [6, 6.07) is 11.4. The largest absolute Gasteiger partial charge is 0.287 e. The Labute approximate surface area is 143 Å². The number of rotatable bonds is 3. The zero-order chi connectivity index (χ0) is 17.2. The van der Waals surface area contributed by atoms with Crippen LogP contribution in [0.5, 0.6) is 0 Å². The molecule has 0 saturated heterocycles. The summed E-state index contributed by atoms with van der Waals surface area (Å²) in [5.41, 5.74) is 2.97. The van der Waals surface area contributed by atoms with Gasteiger partial charge in [0.05, 0.1) is 17.9 Å². The van der Waals surface area contributed by atoms with Crippen LogP contribution in [0.25, 0.3) is 28.7 Å². The van der Waals surface area contributed by atoms with E-state index < -0.39 is 0 Å². The first-order valence-electron chi connectivity index (χ1n) is 7.81. The van der Waals surface area contributed by atoms with Gasteiger partial charge in [-0.05, 0) is 29.8 Å². The number of pyridine rings is 1. The maximum Gasteiger partial charge on any atom is 0.207 e. The lowest BCUT2D eigenvalue weighted by molar-refractivity contribution is 0.764. The molecular weight excluding hydrogens is 314 g/mol. The summed E-state index contributed by atoms with van der Waals surface area (Å²) in [4.78, 5) is 16.4. The van der Waals surface area contributed by atoms with Gasteiger partial charge >= 0.3 is 0 Å². The highest BCUT2D eigenvalue weighted by molar-refractivity contribution is 5.82. The van der Waals surface area contributed by atoms with Gasteiger partial charge in [0.1, 0.15) is 11.4 Å². The number of nitrogens with zero attached hydrogens (tertiary/aromatic N) is 5. The molecule has 0 saturated carbocycles. The van der Waals surface area contributed by atoms with E-state index in [1.165, 1.54) is 6.07 Å². The average Bonchev–Trinajstić information content (AvgIpc) is 3.07. The molecule has 122 valence electrons. The fraction of sp³-hybridized carbons (Fsp3) is 0.0526. The smallest absolute Gasteiger partial charge is 0.207 e. The monoisotopic (exact) mass is 329 g/mol. The van der Waals surface area contributed by atoms with E-state index in [9.17, 15) is 4.79 Å². The lowest BCUT2D eigenvalue weighted by Crippen LogP contribution is -2.12. The third kappa shape index (κ3) is 3.10. The van der Waals surface area contributed by atoms with Gasteiger partial charge in [0.2, 0.25) is 5.43 Å². The molecule has 6 heteroatoms. The summed E-state index contributed by atoms with van der Waals surface area (Å²) >= 11 is 0. The van der Waals surface area contributed by atoms with Crippen LogP contribution >= 0.6 is 0 Å². The fourth-order valence-electron chi connectivity index (χ4n) is 2.58. The van der Waals surface area contributed by atoms with Crippen molar-refractivity contribution < 1.29 is 0 Å². The highest BCUT2D eigenvalue weighted by Gasteiger charge is 2.03. The van der Waals surface area contributed by atoms with E-state index in [4.69, 9.17) is 0 Å². The molecule has 4 aromatic rings. The third-order valence-electron chi connectivity index (χ3n) is 3.85. The van der Waals surface area contributed by atoms with Gasteiger partial charge in [-0.25, -0.2) is 4.68 Å². The minimum Gasteiger partial charge on any atom is -0.287 e. The predicted octanol–water partition coefficient (Wildman–Crippen LogP) is 2.68. The molecule has 1 aromatic carbocycles. The van der Waals surface area contributed by atoms with Gasteiger partial charge in [-0.3, -0.25) is 14.5 Å². The summed E-state index contributed by atoms with van der Waals surface area (Å²) < 4.78 is 3.33. The second-order valence-electron chi connectivity index (χ2n) is 5.67. The quantitative estimate of drug-likeness (QED) is 0.580. The SMILES string of the molecule is Cn1cc(-n2ccc(=O)c(C=Cc3ccc4ncccc4c3)n2)cn1. The number of aryl methyl sites for hydroxylation is 1. The van der Waals surface area contributed by atoms with Crippen LogP contribution < -0.4 is 5.43 Å². The van der Waals surface area contributed by atoms with E-state index in [-0.39, 0.29) is 5.43 Å². The lowest BCUT2D eigenvalue weighted by Gasteiger charge is -2.02. The minimum atomic E-state index is -0.126. The molecule has 0 aliphatic rings. The van der Waals surface area contributed by atoms with Gasteiger partial charge in [0.15, 0.2) is 0 Å². The van der Waals surface area contributed by atoms with E-state index in [0.29, 0.717) is 5.69 Å². The van der Waals surface area contributed by atoms with Gasteiger partial charge in [0.25, 0.3) is 0 Å².